The number of amides is 7. The van der Waals surface area contributed by atoms with Gasteiger partial charge in [0, 0.05) is 103 Å². The number of nitrogens with one attached hydrogen (secondary N) is 11. The quantitative estimate of drug-likeness (QED) is 0.0230. The average Bonchev–Trinajstić information content (AvgIpc) is 3.77. The van der Waals surface area contributed by atoms with Crippen molar-refractivity contribution < 1.29 is 38.4 Å². The molecule has 484 valence electrons. The van der Waals surface area contributed by atoms with E-state index in [4.69, 9.17) is 17.3 Å². The molecule has 4 aromatic rings. The fraction of sp³-hybridized carbons (Fsp3) is 0.629. The summed E-state index contributed by atoms with van der Waals surface area (Å²) in [5, 5.41) is 33.8. The first-order chi connectivity index (χ1) is 42.5. The van der Waals surface area contributed by atoms with Gasteiger partial charge in [0.15, 0.2) is 11.5 Å². The van der Waals surface area contributed by atoms with Crippen LogP contribution in [-0.4, -0.2) is 142 Å². The summed E-state index contributed by atoms with van der Waals surface area (Å²) in [6, 6.07) is 4.77. The lowest BCUT2D eigenvalue weighted by Crippen LogP contribution is -2.50. The van der Waals surface area contributed by atoms with Gasteiger partial charge in [0.25, 0.3) is 23.6 Å². The third kappa shape index (κ3) is 22.4. The van der Waals surface area contributed by atoms with E-state index in [0.717, 1.165) is 56.9 Å². The van der Waals surface area contributed by atoms with Gasteiger partial charge in [-0.05, 0) is 120 Å². The number of rotatable bonds is 36. The molecule has 88 heavy (non-hydrogen) atoms. The fourth-order valence-corrected chi connectivity index (χ4v) is 12.9. The summed E-state index contributed by atoms with van der Waals surface area (Å²) in [4.78, 5) is 106. The minimum atomic E-state index is -1.12. The van der Waals surface area contributed by atoms with E-state index in [-0.39, 0.29) is 90.3 Å². The number of nitrogens with zero attached hydrogens (tertiary/aromatic N) is 4. The first-order valence-corrected chi connectivity index (χ1v) is 33.0. The van der Waals surface area contributed by atoms with Crippen LogP contribution in [0.2, 0.25) is 5.02 Å². The van der Waals surface area contributed by atoms with E-state index in [1.165, 1.54) is 95.6 Å². The van der Waals surface area contributed by atoms with Gasteiger partial charge in [0.05, 0.1) is 39.9 Å². The molecule has 3 saturated carbocycles. The van der Waals surface area contributed by atoms with Gasteiger partial charge < -0.3 is 77.9 Å². The van der Waals surface area contributed by atoms with E-state index >= 15 is 0 Å². The van der Waals surface area contributed by atoms with Gasteiger partial charge in [-0.25, -0.2) is 0 Å². The van der Waals surface area contributed by atoms with Crippen molar-refractivity contribution in [2.75, 3.05) is 68.3 Å². The largest absolute Gasteiger partial charge is 0.377 e. The summed E-state index contributed by atoms with van der Waals surface area (Å²) in [5.41, 5.74) is 8.56. The highest BCUT2D eigenvalue weighted by Gasteiger charge is 2.27. The van der Waals surface area contributed by atoms with Crippen LogP contribution >= 0.6 is 23.1 Å². The molecule has 3 aliphatic rings. The number of aryl methyl sites for hydroxylation is 3. The van der Waals surface area contributed by atoms with Crippen LogP contribution in [0.4, 0.5) is 17.1 Å². The van der Waals surface area contributed by atoms with Crippen LogP contribution < -0.4 is 64.2 Å². The Balaban J connectivity index is 0.776. The topological polar surface area (TPSA) is 323 Å². The first kappa shape index (κ1) is 68.8. The molecule has 0 radical (unpaired) electrons. The molecule has 7 rings (SSSR count). The molecule has 0 bridgehead atoms. The van der Waals surface area contributed by atoms with E-state index in [1.807, 2.05) is 0 Å². The standard InChI is InChI=1S/C62H95ClN16O8S/c1-77-38-44(33-52(77)61(86)75-49(58(83)69-31-16-29-67-43-21-11-6-12-22-43)36-54(82)68-30-15-28-66-42-19-9-5-10-20-42)72-37-47(80)25-32-71-60(85)50-34-45(39-78(50)2)73-53(81)24-14-27-70-59(84)51-35-46(40-79(51)3)74-62(87)56-55(63)57(88-76-56)48(64)23-13-26-65-41-17-7-4-8-18-41/h33-35,38-43,48-49,65-67,72H,4-32,36-37,64H2,1-3H3,(H,68,82)(H,69,83)(H,70,84)(H,71,85)(H,73,81)(H,74,87)(H,75,86). The molecule has 0 spiro atoms. The summed E-state index contributed by atoms with van der Waals surface area (Å²) in [6.07, 6.45) is 26.5. The minimum absolute atomic E-state index is 0.00980. The molecule has 2 atom stereocenters. The summed E-state index contributed by atoms with van der Waals surface area (Å²) in [6.45, 7) is 3.41. The van der Waals surface area contributed by atoms with Gasteiger partial charge in [0.1, 0.15) is 23.1 Å². The Morgan fingerprint density at radius 1 is 0.557 bits per heavy atom. The highest BCUT2D eigenvalue weighted by atomic mass is 35.5. The molecule has 0 aromatic carbocycles. The Hall–Kier alpha value is -6.64. The zero-order chi connectivity index (χ0) is 62.8. The van der Waals surface area contributed by atoms with E-state index < -0.39 is 35.6 Å². The Morgan fingerprint density at radius 2 is 1.05 bits per heavy atom. The Morgan fingerprint density at radius 3 is 1.62 bits per heavy atom. The van der Waals surface area contributed by atoms with Crippen LogP contribution in [0.25, 0.3) is 0 Å². The van der Waals surface area contributed by atoms with E-state index in [2.05, 4.69) is 62.9 Å². The molecular weight excluding hydrogens is 1160 g/mol. The van der Waals surface area contributed by atoms with E-state index in [9.17, 15) is 38.4 Å². The molecule has 0 saturated heterocycles. The second-order valence-corrected chi connectivity index (χ2v) is 25.0. The number of carbonyl (C=O) groups excluding carboxylic acids is 8. The third-order valence-corrected chi connectivity index (χ3v) is 18.1. The smallest absolute Gasteiger partial charge is 0.276 e. The second-order valence-electron chi connectivity index (χ2n) is 23.8. The number of hydrogen-bond acceptors (Lipinski definition) is 15. The monoisotopic (exact) mass is 1260 g/mol. The van der Waals surface area contributed by atoms with Crippen molar-refractivity contribution >= 4 is 87.3 Å². The number of ketones is 1. The lowest BCUT2D eigenvalue weighted by atomic mass is 9.95. The Kier molecular flexibility index (Phi) is 28.3. The molecule has 13 N–H and O–H groups in total. The summed E-state index contributed by atoms with van der Waals surface area (Å²) in [7, 11) is 5.00. The zero-order valence-electron chi connectivity index (χ0n) is 51.7. The van der Waals surface area contributed by atoms with Gasteiger partial charge in [-0.2, -0.15) is 4.37 Å². The molecule has 2 unspecified atom stereocenters. The number of aromatic nitrogens is 4. The number of halogens is 1. The maximum absolute atomic E-state index is 13.7. The van der Waals surface area contributed by atoms with Gasteiger partial charge in [0.2, 0.25) is 17.7 Å². The van der Waals surface area contributed by atoms with Crippen LogP contribution in [0, 0.1) is 0 Å². The lowest BCUT2D eigenvalue weighted by molar-refractivity contribution is -0.128. The normalized spacial score (nSPS) is 15.6. The summed E-state index contributed by atoms with van der Waals surface area (Å²) < 4.78 is 9.01. The number of carbonyl (C=O) groups is 8. The lowest BCUT2D eigenvalue weighted by Gasteiger charge is -2.23. The molecule has 3 fully saturated rings. The molecule has 4 heterocycles. The SMILES string of the molecule is Cn1cc(NC(=O)c2nsc(C(N)CCCNC3CCCCC3)c2Cl)cc1C(=O)NCCCC(=O)Nc1cc(C(=O)NCCC(=O)CNc2cc(C(=O)NC(CC(=O)NCCCNC3CCCCC3)C(=O)NCCCNC3CCCCC3)n(C)c2)n(C)c1. The summed E-state index contributed by atoms with van der Waals surface area (Å²) >= 11 is 7.73. The van der Waals surface area contributed by atoms with Crippen LogP contribution in [0.3, 0.4) is 0 Å². The molecule has 0 aliphatic heterocycles. The average molecular weight is 1260 g/mol. The molecule has 4 aromatic heterocycles. The van der Waals surface area contributed by atoms with Crippen molar-refractivity contribution in [3.63, 3.8) is 0 Å². The summed E-state index contributed by atoms with van der Waals surface area (Å²) in [5.74, 6) is -3.23. The van der Waals surface area contributed by atoms with Crippen molar-refractivity contribution in [1.82, 2.24) is 60.6 Å². The van der Waals surface area contributed by atoms with Crippen LogP contribution in [-0.2, 0) is 40.3 Å². The number of nitrogens with two attached hydrogens (primary N) is 1. The van der Waals surface area contributed by atoms with E-state index in [0.29, 0.717) is 72.4 Å². The molecule has 24 nitrogen and oxygen atoms in total. The highest BCUT2D eigenvalue weighted by molar-refractivity contribution is 7.06. The predicted molar refractivity (Wildman–Crippen MR) is 344 cm³/mol. The predicted octanol–water partition coefficient (Wildman–Crippen LogP) is 6.06. The van der Waals surface area contributed by atoms with Crippen molar-refractivity contribution in [2.45, 2.75) is 178 Å². The molecule has 26 heteroatoms. The number of Topliss-reactive ketones (excluding diaryl/α,β-unsaturated/α-hetero) is 1. The highest BCUT2D eigenvalue weighted by Crippen LogP contribution is 2.32. The van der Waals surface area contributed by atoms with Crippen molar-refractivity contribution in [3.05, 3.63) is 69.5 Å². The fourth-order valence-electron chi connectivity index (χ4n) is 11.6. The molecular formula is C62H95ClN16O8S. The van der Waals surface area contributed by atoms with Gasteiger partial charge in [-0.15, -0.1) is 0 Å². The minimum Gasteiger partial charge on any atom is -0.377 e. The van der Waals surface area contributed by atoms with Gasteiger partial charge in [-0.1, -0.05) is 69.4 Å². The Labute approximate surface area is 526 Å². The third-order valence-electron chi connectivity index (χ3n) is 16.7. The molecule has 3 aliphatic carbocycles. The molecule has 7 amide bonds. The first-order valence-electron chi connectivity index (χ1n) is 31.9. The number of hydrogen-bond donors (Lipinski definition) is 12. The van der Waals surface area contributed by atoms with Crippen LogP contribution in [0.5, 0.6) is 0 Å². The maximum atomic E-state index is 13.7. The van der Waals surface area contributed by atoms with Crippen molar-refractivity contribution in [3.8, 4) is 0 Å². The zero-order valence-corrected chi connectivity index (χ0v) is 53.3. The van der Waals surface area contributed by atoms with Crippen LogP contribution in [0.15, 0.2) is 36.8 Å². The number of anilines is 3. The maximum Gasteiger partial charge on any atom is 0.276 e. The Bertz CT molecular complexity index is 2940. The van der Waals surface area contributed by atoms with Crippen molar-refractivity contribution in [1.29, 1.82) is 0 Å². The second kappa shape index (κ2) is 36.1. The van der Waals surface area contributed by atoms with Crippen molar-refractivity contribution in [2.24, 2.45) is 26.9 Å². The van der Waals surface area contributed by atoms with Gasteiger partial charge >= 0.3 is 0 Å². The van der Waals surface area contributed by atoms with E-state index in [1.54, 1.807) is 59.5 Å². The van der Waals surface area contributed by atoms with Gasteiger partial charge in [-0.3, -0.25) is 38.4 Å². The van der Waals surface area contributed by atoms with Crippen LogP contribution in [0.1, 0.15) is 201 Å².